The number of hydrogen-bond acceptors (Lipinski definition) is 2. The summed E-state index contributed by atoms with van der Waals surface area (Å²) in [5, 5.41) is 0. The van der Waals surface area contributed by atoms with E-state index < -0.39 is 11.6 Å². The van der Waals surface area contributed by atoms with Gasteiger partial charge in [-0.25, -0.2) is 8.78 Å². The van der Waals surface area contributed by atoms with Gasteiger partial charge in [0.1, 0.15) is 17.7 Å². The van der Waals surface area contributed by atoms with Crippen molar-refractivity contribution in [3.63, 3.8) is 0 Å². The van der Waals surface area contributed by atoms with Gasteiger partial charge in [0.15, 0.2) is 0 Å². The molecule has 0 unspecified atom stereocenters. The van der Waals surface area contributed by atoms with Crippen molar-refractivity contribution in [1.29, 1.82) is 0 Å². The van der Waals surface area contributed by atoms with E-state index in [-0.39, 0.29) is 12.2 Å². The van der Waals surface area contributed by atoms with E-state index in [9.17, 15) is 8.78 Å². The molecule has 1 aliphatic heterocycles. The summed E-state index contributed by atoms with van der Waals surface area (Å²) >= 11 is 0. The highest BCUT2D eigenvalue weighted by Gasteiger charge is 2.23. The number of rotatable bonds is 4. The molecule has 0 radical (unpaired) electrons. The van der Waals surface area contributed by atoms with Crippen LogP contribution in [-0.4, -0.2) is 19.3 Å². The predicted octanol–water partition coefficient (Wildman–Crippen LogP) is 2.44. The number of halogens is 2. The highest BCUT2D eigenvalue weighted by molar-refractivity contribution is 5.19. The molecule has 0 bridgehead atoms. The first-order valence-electron chi connectivity index (χ1n) is 4.84. The van der Waals surface area contributed by atoms with Gasteiger partial charge in [0.2, 0.25) is 0 Å². The first-order valence-corrected chi connectivity index (χ1v) is 4.84. The maximum atomic E-state index is 12.9. The van der Waals surface area contributed by atoms with Crippen LogP contribution in [0.3, 0.4) is 0 Å². The summed E-state index contributed by atoms with van der Waals surface area (Å²) in [7, 11) is 0. The number of epoxide rings is 1. The molecule has 2 atom stereocenters. The quantitative estimate of drug-likeness (QED) is 0.718. The standard InChI is InChI=1S/C11H12F2O2/c1-7(14-5-11-6-15-11)8-2-9(12)4-10(13)3-8/h2-4,7,11H,5-6H2,1H3/t7-,11+/m0/s1. The normalized spacial score (nSPS) is 21.4. The van der Waals surface area contributed by atoms with Crippen LogP contribution in [0.5, 0.6) is 0 Å². The lowest BCUT2D eigenvalue weighted by Crippen LogP contribution is -2.06. The monoisotopic (exact) mass is 214 g/mol. The molecule has 1 aromatic rings. The molecule has 1 saturated heterocycles. The Bertz CT molecular complexity index is 330. The first kappa shape index (κ1) is 10.5. The van der Waals surface area contributed by atoms with Crippen molar-refractivity contribution < 1.29 is 18.3 Å². The Kier molecular flexibility index (Phi) is 2.98. The van der Waals surface area contributed by atoms with Gasteiger partial charge in [-0.2, -0.15) is 0 Å². The third-order valence-electron chi connectivity index (χ3n) is 2.29. The van der Waals surface area contributed by atoms with E-state index in [0.717, 1.165) is 6.07 Å². The molecule has 1 aliphatic rings. The second-order valence-electron chi connectivity index (χ2n) is 3.63. The molecule has 1 heterocycles. The molecule has 2 nitrogen and oxygen atoms in total. The number of ether oxygens (including phenoxy) is 2. The van der Waals surface area contributed by atoms with Gasteiger partial charge in [0.05, 0.1) is 19.3 Å². The van der Waals surface area contributed by atoms with Crippen LogP contribution in [0.4, 0.5) is 8.78 Å². The minimum atomic E-state index is -0.580. The van der Waals surface area contributed by atoms with E-state index in [0.29, 0.717) is 18.8 Å². The van der Waals surface area contributed by atoms with Crippen molar-refractivity contribution in [2.24, 2.45) is 0 Å². The van der Waals surface area contributed by atoms with Crippen LogP contribution in [0.25, 0.3) is 0 Å². The summed E-state index contributed by atoms with van der Waals surface area (Å²) in [5.41, 5.74) is 0.508. The molecule has 0 amide bonds. The van der Waals surface area contributed by atoms with E-state index in [1.165, 1.54) is 12.1 Å². The third-order valence-corrected chi connectivity index (χ3v) is 2.29. The number of benzene rings is 1. The molecular formula is C11H12F2O2. The van der Waals surface area contributed by atoms with Crippen molar-refractivity contribution in [3.05, 3.63) is 35.4 Å². The SMILES string of the molecule is C[C@H](OC[C@@H]1CO1)c1cc(F)cc(F)c1. The zero-order valence-electron chi connectivity index (χ0n) is 8.37. The van der Waals surface area contributed by atoms with Gasteiger partial charge < -0.3 is 9.47 Å². The summed E-state index contributed by atoms with van der Waals surface area (Å²) in [6, 6.07) is 3.41. The van der Waals surface area contributed by atoms with Gasteiger partial charge >= 0.3 is 0 Å². The van der Waals surface area contributed by atoms with Crippen molar-refractivity contribution in [3.8, 4) is 0 Å². The maximum Gasteiger partial charge on any atom is 0.126 e. The highest BCUT2D eigenvalue weighted by atomic mass is 19.1. The van der Waals surface area contributed by atoms with Crippen LogP contribution in [0, 0.1) is 11.6 Å². The Morgan fingerprint density at radius 2 is 2.00 bits per heavy atom. The van der Waals surface area contributed by atoms with Crippen molar-refractivity contribution >= 4 is 0 Å². The lowest BCUT2D eigenvalue weighted by molar-refractivity contribution is 0.0536. The van der Waals surface area contributed by atoms with E-state index in [1.54, 1.807) is 6.92 Å². The van der Waals surface area contributed by atoms with E-state index in [2.05, 4.69) is 0 Å². The van der Waals surface area contributed by atoms with Crippen LogP contribution < -0.4 is 0 Å². The molecule has 0 saturated carbocycles. The zero-order chi connectivity index (χ0) is 10.8. The summed E-state index contributed by atoms with van der Waals surface area (Å²) < 4.78 is 36.1. The Labute approximate surface area is 86.8 Å². The van der Waals surface area contributed by atoms with Gasteiger partial charge in [-0.15, -0.1) is 0 Å². The zero-order valence-corrected chi connectivity index (χ0v) is 8.37. The molecule has 15 heavy (non-hydrogen) atoms. The molecule has 1 aromatic carbocycles. The van der Waals surface area contributed by atoms with Gasteiger partial charge in [-0.05, 0) is 24.6 Å². The Morgan fingerprint density at radius 1 is 1.40 bits per heavy atom. The van der Waals surface area contributed by atoms with Crippen LogP contribution in [0.15, 0.2) is 18.2 Å². The van der Waals surface area contributed by atoms with E-state index in [4.69, 9.17) is 9.47 Å². The average molecular weight is 214 g/mol. The summed E-state index contributed by atoms with van der Waals surface area (Å²) in [5.74, 6) is -1.16. The van der Waals surface area contributed by atoms with Crippen LogP contribution in [0.2, 0.25) is 0 Å². The Hall–Kier alpha value is -1.00. The fourth-order valence-electron chi connectivity index (χ4n) is 1.32. The third kappa shape index (κ3) is 2.97. The van der Waals surface area contributed by atoms with Gasteiger partial charge in [0.25, 0.3) is 0 Å². The van der Waals surface area contributed by atoms with E-state index in [1.807, 2.05) is 0 Å². The summed E-state index contributed by atoms with van der Waals surface area (Å²) in [4.78, 5) is 0. The minimum Gasteiger partial charge on any atom is -0.371 e. The molecule has 0 N–H and O–H groups in total. The predicted molar refractivity (Wildman–Crippen MR) is 50.5 cm³/mol. The van der Waals surface area contributed by atoms with Gasteiger partial charge in [-0.3, -0.25) is 0 Å². The van der Waals surface area contributed by atoms with E-state index >= 15 is 0 Å². The largest absolute Gasteiger partial charge is 0.371 e. The maximum absolute atomic E-state index is 12.9. The molecule has 0 aromatic heterocycles. The van der Waals surface area contributed by atoms with Crippen LogP contribution in [0.1, 0.15) is 18.6 Å². The van der Waals surface area contributed by atoms with Gasteiger partial charge in [-0.1, -0.05) is 0 Å². The fourth-order valence-corrected chi connectivity index (χ4v) is 1.32. The highest BCUT2D eigenvalue weighted by Crippen LogP contribution is 2.21. The van der Waals surface area contributed by atoms with Crippen LogP contribution >= 0.6 is 0 Å². The molecule has 0 spiro atoms. The second-order valence-corrected chi connectivity index (χ2v) is 3.63. The lowest BCUT2D eigenvalue weighted by Gasteiger charge is -2.12. The first-order chi connectivity index (χ1) is 7.15. The molecule has 2 rings (SSSR count). The fraction of sp³-hybridized carbons (Fsp3) is 0.455. The smallest absolute Gasteiger partial charge is 0.126 e. The Balaban J connectivity index is 1.99. The molecule has 0 aliphatic carbocycles. The lowest BCUT2D eigenvalue weighted by atomic mass is 10.1. The van der Waals surface area contributed by atoms with Crippen molar-refractivity contribution in [2.75, 3.05) is 13.2 Å². The molecular weight excluding hydrogens is 202 g/mol. The second kappa shape index (κ2) is 4.24. The Morgan fingerprint density at radius 3 is 2.53 bits per heavy atom. The summed E-state index contributed by atoms with van der Waals surface area (Å²) in [6.07, 6.45) is -0.162. The van der Waals surface area contributed by atoms with Crippen molar-refractivity contribution in [2.45, 2.75) is 19.1 Å². The van der Waals surface area contributed by atoms with Crippen LogP contribution in [-0.2, 0) is 9.47 Å². The van der Waals surface area contributed by atoms with Crippen molar-refractivity contribution in [1.82, 2.24) is 0 Å². The molecule has 4 heteroatoms. The average Bonchev–Trinajstić information content (AvgIpc) is 2.96. The molecule has 82 valence electrons. The summed E-state index contributed by atoms with van der Waals surface area (Å²) in [6.45, 7) is 2.94. The number of hydrogen-bond donors (Lipinski definition) is 0. The van der Waals surface area contributed by atoms with Gasteiger partial charge in [0, 0.05) is 6.07 Å². The molecule has 1 fully saturated rings. The topological polar surface area (TPSA) is 21.8 Å². The minimum absolute atomic E-state index is 0.158.